The summed E-state index contributed by atoms with van der Waals surface area (Å²) in [5.74, 6) is -1.34. The second-order valence-corrected chi connectivity index (χ2v) is 7.12. The molecule has 3 atom stereocenters. The van der Waals surface area contributed by atoms with Gasteiger partial charge in [-0.1, -0.05) is 11.8 Å². The Morgan fingerprint density at radius 1 is 1.44 bits per heavy atom. The van der Waals surface area contributed by atoms with Gasteiger partial charge in [-0.05, 0) is 28.3 Å². The van der Waals surface area contributed by atoms with Gasteiger partial charge in [0.2, 0.25) is 17.0 Å². The van der Waals surface area contributed by atoms with Crippen LogP contribution < -0.4 is 11.1 Å². The number of carbonyl (C=O) groups excluding carboxylic acids is 2. The Labute approximate surface area is 145 Å². The fourth-order valence-electron chi connectivity index (χ4n) is 3.72. The Hall–Kier alpha value is -2.47. The van der Waals surface area contributed by atoms with Crippen LogP contribution in [0.5, 0.6) is 0 Å². The number of hydrogen-bond acceptors (Lipinski definition) is 8. The minimum Gasteiger partial charge on any atom is -0.477 e. The van der Waals surface area contributed by atoms with Gasteiger partial charge in [0.1, 0.15) is 18.3 Å². The van der Waals surface area contributed by atoms with E-state index in [9.17, 15) is 19.5 Å². The van der Waals surface area contributed by atoms with Crippen LogP contribution in [0.1, 0.15) is 6.42 Å². The number of nitrogens with two attached hydrogens (primary N) is 1. The molecule has 2 saturated heterocycles. The molecule has 11 nitrogen and oxygen atoms in total. The van der Waals surface area contributed by atoms with Crippen LogP contribution in [0.15, 0.2) is 16.4 Å². The number of carboxylic acids is 1. The lowest BCUT2D eigenvalue weighted by Crippen LogP contribution is -2.68. The molecule has 1 aromatic rings. The zero-order valence-corrected chi connectivity index (χ0v) is 13.8. The molecule has 132 valence electrons. The molecule has 4 rings (SSSR count). The van der Waals surface area contributed by atoms with Crippen molar-refractivity contribution in [3.63, 3.8) is 0 Å². The van der Waals surface area contributed by atoms with Crippen LogP contribution in [-0.2, 0) is 20.9 Å². The lowest BCUT2D eigenvalue weighted by molar-refractivity contribution is -0.153. The minimum atomic E-state index is -1.11. The number of nitrogens with one attached hydrogen (secondary N) is 1. The molecule has 0 bridgehead atoms. The van der Waals surface area contributed by atoms with Gasteiger partial charge in [0.15, 0.2) is 0 Å². The zero-order chi connectivity index (χ0) is 17.7. The highest BCUT2D eigenvalue weighted by Gasteiger charge is 2.59. The van der Waals surface area contributed by atoms with Crippen molar-refractivity contribution in [2.24, 2.45) is 11.7 Å². The number of amides is 2. The smallest absolute Gasteiger partial charge is 0.352 e. The van der Waals surface area contributed by atoms with Crippen LogP contribution in [0.25, 0.3) is 0 Å². The van der Waals surface area contributed by atoms with Gasteiger partial charge in [0.05, 0.1) is 6.04 Å². The molecule has 0 unspecified atom stereocenters. The summed E-state index contributed by atoms with van der Waals surface area (Å²) in [5.41, 5.74) is 5.88. The largest absolute Gasteiger partial charge is 0.477 e. The van der Waals surface area contributed by atoms with Crippen LogP contribution >= 0.6 is 11.8 Å². The Morgan fingerprint density at radius 2 is 2.24 bits per heavy atom. The van der Waals surface area contributed by atoms with E-state index in [4.69, 9.17) is 5.73 Å². The molecule has 0 aromatic carbocycles. The zero-order valence-electron chi connectivity index (χ0n) is 13.0. The summed E-state index contributed by atoms with van der Waals surface area (Å²) >= 11 is 1.22. The van der Waals surface area contributed by atoms with E-state index >= 15 is 0 Å². The Balaban J connectivity index is 1.57. The normalized spacial score (nSPS) is 27.3. The van der Waals surface area contributed by atoms with E-state index in [1.165, 1.54) is 21.3 Å². The Bertz CT molecular complexity index is 806. The number of carbonyl (C=O) groups is 3. The van der Waals surface area contributed by atoms with E-state index in [-0.39, 0.29) is 36.2 Å². The molecule has 3 aliphatic heterocycles. The van der Waals surface area contributed by atoms with Crippen LogP contribution in [0.4, 0.5) is 0 Å². The summed E-state index contributed by atoms with van der Waals surface area (Å²) in [6.45, 7) is 0.541. The Kier molecular flexibility index (Phi) is 3.72. The average Bonchev–Trinajstić information content (AvgIpc) is 3.15. The molecule has 25 heavy (non-hydrogen) atoms. The monoisotopic (exact) mass is 365 g/mol. The number of tetrazole rings is 1. The van der Waals surface area contributed by atoms with Crippen molar-refractivity contribution in [1.29, 1.82) is 0 Å². The molecule has 2 amide bonds. The standard InChI is InChI=1S/C13H15N7O4S/c14-7(21)3-19-13(16-17-18-19)25-4-6-1-5-2-15-8-9(5)20(11(8)22)10(6)12(23)24/h5,8-9,15H,1-4H2,(H2,14,21)(H,23,24)/t5-,8+,9-/m1/s1. The average molecular weight is 365 g/mol. The lowest BCUT2D eigenvalue weighted by Gasteiger charge is -2.48. The minimum absolute atomic E-state index is 0.0625. The van der Waals surface area contributed by atoms with E-state index in [0.29, 0.717) is 29.4 Å². The van der Waals surface area contributed by atoms with Crippen molar-refractivity contribution < 1.29 is 19.5 Å². The number of aromatic nitrogens is 4. The third-order valence-electron chi connectivity index (χ3n) is 4.69. The van der Waals surface area contributed by atoms with Crippen molar-refractivity contribution in [3.05, 3.63) is 11.3 Å². The molecule has 0 radical (unpaired) electrons. The highest BCUT2D eigenvalue weighted by atomic mass is 32.2. The van der Waals surface area contributed by atoms with Gasteiger partial charge in [-0.3, -0.25) is 14.5 Å². The van der Waals surface area contributed by atoms with Gasteiger partial charge in [-0.15, -0.1) is 5.10 Å². The third-order valence-corrected chi connectivity index (χ3v) is 5.74. The number of carboxylic acid groups (broad SMARTS) is 1. The molecular formula is C13H15N7O4S. The summed E-state index contributed by atoms with van der Waals surface area (Å²) in [4.78, 5) is 36.4. The van der Waals surface area contributed by atoms with E-state index in [2.05, 4.69) is 20.8 Å². The molecule has 0 saturated carbocycles. The van der Waals surface area contributed by atoms with E-state index < -0.39 is 11.9 Å². The fraction of sp³-hybridized carbons (Fsp3) is 0.538. The summed E-state index contributed by atoms with van der Waals surface area (Å²) in [6.07, 6.45) is 0.601. The molecule has 1 aromatic heterocycles. The summed E-state index contributed by atoms with van der Waals surface area (Å²) < 4.78 is 1.27. The summed E-state index contributed by atoms with van der Waals surface area (Å²) in [5, 5.41) is 24.1. The number of β-lactam (4-membered cyclic amide) rings is 1. The fourth-order valence-corrected chi connectivity index (χ4v) is 4.62. The number of rotatable bonds is 6. The summed E-state index contributed by atoms with van der Waals surface area (Å²) in [7, 11) is 0. The first-order valence-electron chi connectivity index (χ1n) is 7.66. The molecule has 2 fully saturated rings. The second kappa shape index (κ2) is 5.81. The lowest BCUT2D eigenvalue weighted by atomic mass is 9.80. The van der Waals surface area contributed by atoms with Crippen LogP contribution in [0, 0.1) is 5.92 Å². The van der Waals surface area contributed by atoms with Crippen molar-refractivity contribution >= 4 is 29.5 Å². The molecule has 0 aliphatic carbocycles. The Morgan fingerprint density at radius 3 is 2.96 bits per heavy atom. The first-order chi connectivity index (χ1) is 12.0. The number of thioether (sulfide) groups is 1. The second-order valence-electron chi connectivity index (χ2n) is 6.18. The summed E-state index contributed by atoms with van der Waals surface area (Å²) in [6, 6.07) is -0.316. The van der Waals surface area contributed by atoms with Gasteiger partial charge in [-0.25, -0.2) is 9.48 Å². The molecule has 4 N–H and O–H groups in total. The van der Waals surface area contributed by atoms with E-state index in [1.54, 1.807) is 0 Å². The maximum Gasteiger partial charge on any atom is 0.352 e. The van der Waals surface area contributed by atoms with E-state index in [1.807, 2.05) is 0 Å². The van der Waals surface area contributed by atoms with Gasteiger partial charge in [0, 0.05) is 12.3 Å². The number of nitrogens with zero attached hydrogens (tertiary/aromatic N) is 5. The van der Waals surface area contributed by atoms with Gasteiger partial charge < -0.3 is 16.2 Å². The molecular weight excluding hydrogens is 350 g/mol. The van der Waals surface area contributed by atoms with Crippen LogP contribution in [0.3, 0.4) is 0 Å². The first-order valence-corrected chi connectivity index (χ1v) is 8.65. The van der Waals surface area contributed by atoms with Crippen molar-refractivity contribution in [3.8, 4) is 0 Å². The number of hydrogen-bond donors (Lipinski definition) is 3. The molecule has 4 heterocycles. The molecule has 3 aliphatic rings. The quantitative estimate of drug-likeness (QED) is 0.376. The van der Waals surface area contributed by atoms with Crippen molar-refractivity contribution in [2.75, 3.05) is 12.3 Å². The maximum absolute atomic E-state index is 12.2. The number of primary amides is 1. The van der Waals surface area contributed by atoms with Crippen molar-refractivity contribution in [2.45, 2.75) is 30.2 Å². The van der Waals surface area contributed by atoms with Gasteiger partial charge in [-0.2, -0.15) is 0 Å². The van der Waals surface area contributed by atoms with Gasteiger partial charge >= 0.3 is 5.97 Å². The molecule has 12 heteroatoms. The predicted molar refractivity (Wildman–Crippen MR) is 82.9 cm³/mol. The third kappa shape index (κ3) is 2.48. The topological polar surface area (TPSA) is 156 Å². The van der Waals surface area contributed by atoms with Crippen LogP contribution in [-0.4, -0.2) is 72.4 Å². The molecule has 0 spiro atoms. The SMILES string of the molecule is NC(=O)Cn1nnnc1SCC1=C(C(=O)O)N2C(=O)[C@H]3NC[C@@H](C1)[C@H]32. The number of aliphatic carboxylic acids is 1. The predicted octanol–water partition coefficient (Wildman–Crippen LogP) is -2.21. The van der Waals surface area contributed by atoms with E-state index in [0.717, 1.165) is 0 Å². The van der Waals surface area contributed by atoms with Crippen molar-refractivity contribution in [1.82, 2.24) is 30.4 Å². The van der Waals surface area contributed by atoms with Gasteiger partial charge in [0.25, 0.3) is 0 Å². The first kappa shape index (κ1) is 16.0. The van der Waals surface area contributed by atoms with Crippen LogP contribution in [0.2, 0.25) is 0 Å². The highest BCUT2D eigenvalue weighted by Crippen LogP contribution is 2.44. The maximum atomic E-state index is 12.2. The highest BCUT2D eigenvalue weighted by molar-refractivity contribution is 7.99.